The third-order valence-electron chi connectivity index (χ3n) is 5.68. The molecule has 7 nitrogen and oxygen atoms in total. The smallest absolute Gasteiger partial charge is 0.338 e. The predicted octanol–water partition coefficient (Wildman–Crippen LogP) is 4.42. The summed E-state index contributed by atoms with van der Waals surface area (Å²) in [6.07, 6.45) is 0.162. The molecule has 0 fully saturated rings. The summed E-state index contributed by atoms with van der Waals surface area (Å²) >= 11 is 1.46. The Morgan fingerprint density at radius 1 is 1.14 bits per heavy atom. The standard InChI is InChI=1S/C27H29N3O4S/c1-4-34-26(32)23-24(19-10-6-5-7-11-19)29-27-30(25(23)20-12-8-9-18(2)15-20)21(17-35-27)16-22(31)28-13-14-33-3/h5-12,15,17,25H,4,13-14,16H2,1-3H3,(H,28,31)/t25-/m1/s1. The van der Waals surface area contributed by atoms with Gasteiger partial charge in [0.15, 0.2) is 5.17 Å². The van der Waals surface area contributed by atoms with Gasteiger partial charge in [-0.15, -0.1) is 0 Å². The van der Waals surface area contributed by atoms with Crippen molar-refractivity contribution in [2.45, 2.75) is 26.3 Å². The molecule has 1 atom stereocenters. The monoisotopic (exact) mass is 491 g/mol. The highest BCUT2D eigenvalue weighted by Gasteiger charge is 2.42. The molecule has 1 amide bonds. The van der Waals surface area contributed by atoms with Crippen molar-refractivity contribution in [1.82, 2.24) is 10.2 Å². The average molecular weight is 492 g/mol. The minimum atomic E-state index is -0.482. The van der Waals surface area contributed by atoms with Gasteiger partial charge in [0.25, 0.3) is 0 Å². The number of aryl methyl sites for hydroxylation is 1. The Hall–Kier alpha value is -3.36. The number of hydrogen-bond acceptors (Lipinski definition) is 7. The molecule has 8 heteroatoms. The predicted molar refractivity (Wildman–Crippen MR) is 138 cm³/mol. The normalized spacial score (nSPS) is 17.0. The van der Waals surface area contributed by atoms with E-state index in [0.717, 1.165) is 27.6 Å². The summed E-state index contributed by atoms with van der Waals surface area (Å²) < 4.78 is 10.6. The first kappa shape index (κ1) is 24.8. The van der Waals surface area contributed by atoms with Gasteiger partial charge in [0.1, 0.15) is 0 Å². The number of amidine groups is 1. The molecule has 4 rings (SSSR count). The third kappa shape index (κ3) is 5.49. The van der Waals surface area contributed by atoms with E-state index in [1.54, 1.807) is 14.0 Å². The van der Waals surface area contributed by atoms with Gasteiger partial charge in [0, 0.05) is 24.9 Å². The molecule has 0 bridgehead atoms. The van der Waals surface area contributed by atoms with Gasteiger partial charge in [-0.3, -0.25) is 4.79 Å². The van der Waals surface area contributed by atoms with E-state index in [-0.39, 0.29) is 18.9 Å². The van der Waals surface area contributed by atoms with Crippen molar-refractivity contribution in [2.24, 2.45) is 4.99 Å². The van der Waals surface area contributed by atoms with Gasteiger partial charge in [-0.05, 0) is 24.8 Å². The van der Waals surface area contributed by atoms with Crippen molar-refractivity contribution in [3.05, 3.63) is 88.0 Å². The van der Waals surface area contributed by atoms with Crippen LogP contribution in [0.5, 0.6) is 0 Å². The average Bonchev–Trinajstić information content (AvgIpc) is 3.26. The summed E-state index contributed by atoms with van der Waals surface area (Å²) in [5, 5.41) is 5.54. The summed E-state index contributed by atoms with van der Waals surface area (Å²) in [4.78, 5) is 33.0. The molecule has 1 N–H and O–H groups in total. The maximum absolute atomic E-state index is 13.4. The number of benzene rings is 2. The van der Waals surface area contributed by atoms with Crippen molar-refractivity contribution >= 4 is 34.5 Å². The van der Waals surface area contributed by atoms with Crippen LogP contribution < -0.4 is 5.32 Å². The molecule has 0 saturated heterocycles. The summed E-state index contributed by atoms with van der Waals surface area (Å²) in [6.45, 7) is 4.94. The number of thioether (sulfide) groups is 1. The van der Waals surface area contributed by atoms with Crippen molar-refractivity contribution in [3.63, 3.8) is 0 Å². The van der Waals surface area contributed by atoms with E-state index in [2.05, 4.69) is 11.4 Å². The number of amides is 1. The van der Waals surface area contributed by atoms with E-state index in [9.17, 15) is 9.59 Å². The quantitative estimate of drug-likeness (QED) is 0.413. The van der Waals surface area contributed by atoms with Gasteiger partial charge in [-0.2, -0.15) is 0 Å². The SMILES string of the molecule is CCOC(=O)C1=C(c2ccccc2)N=C2SC=C(CC(=O)NCCOC)N2[C@@H]1c1cccc(C)c1. The first-order valence-corrected chi connectivity index (χ1v) is 12.4. The van der Waals surface area contributed by atoms with E-state index in [1.165, 1.54) is 11.8 Å². The first-order valence-electron chi connectivity index (χ1n) is 11.6. The van der Waals surface area contributed by atoms with Gasteiger partial charge in [0.2, 0.25) is 5.91 Å². The maximum atomic E-state index is 13.4. The lowest BCUT2D eigenvalue weighted by atomic mass is 9.90. The van der Waals surface area contributed by atoms with E-state index in [1.807, 2.05) is 65.8 Å². The Morgan fingerprint density at radius 2 is 1.94 bits per heavy atom. The molecule has 0 saturated carbocycles. The van der Waals surface area contributed by atoms with Crippen LogP contribution >= 0.6 is 11.8 Å². The molecular formula is C27H29N3O4S. The van der Waals surface area contributed by atoms with Crippen LogP contribution in [0.4, 0.5) is 0 Å². The summed E-state index contributed by atoms with van der Waals surface area (Å²) in [7, 11) is 1.60. The molecule has 0 radical (unpaired) electrons. The Labute approximate surface area is 209 Å². The maximum Gasteiger partial charge on any atom is 0.338 e. The Kier molecular flexibility index (Phi) is 8.05. The van der Waals surface area contributed by atoms with Crippen LogP contribution in [0.3, 0.4) is 0 Å². The van der Waals surface area contributed by atoms with Crippen LogP contribution in [0.25, 0.3) is 5.70 Å². The number of methoxy groups -OCH3 is 1. The fourth-order valence-electron chi connectivity index (χ4n) is 4.16. The molecule has 2 heterocycles. The molecule has 2 aromatic rings. The molecule has 35 heavy (non-hydrogen) atoms. The molecular weight excluding hydrogens is 462 g/mol. The molecule has 2 aliphatic rings. The second-order valence-electron chi connectivity index (χ2n) is 8.18. The summed E-state index contributed by atoms with van der Waals surface area (Å²) in [5.41, 5.74) is 4.68. The van der Waals surface area contributed by atoms with Gasteiger partial charge in [-0.1, -0.05) is 71.9 Å². The first-order chi connectivity index (χ1) is 17.0. The van der Waals surface area contributed by atoms with E-state index >= 15 is 0 Å². The van der Waals surface area contributed by atoms with E-state index < -0.39 is 12.0 Å². The fraction of sp³-hybridized carbons (Fsp3) is 0.296. The van der Waals surface area contributed by atoms with Gasteiger partial charge >= 0.3 is 5.97 Å². The number of fused-ring (bicyclic) bond motifs is 1. The van der Waals surface area contributed by atoms with Crippen molar-refractivity contribution < 1.29 is 19.1 Å². The summed E-state index contributed by atoms with van der Waals surface area (Å²) in [6, 6.07) is 17.3. The number of nitrogens with one attached hydrogen (secondary N) is 1. The highest BCUT2D eigenvalue weighted by atomic mass is 32.2. The van der Waals surface area contributed by atoms with Crippen molar-refractivity contribution in [1.29, 1.82) is 0 Å². The largest absolute Gasteiger partial charge is 0.463 e. The minimum absolute atomic E-state index is 0.117. The number of aliphatic imine (C=N–C) groups is 1. The molecule has 182 valence electrons. The van der Waals surface area contributed by atoms with Gasteiger partial charge < -0.3 is 19.7 Å². The van der Waals surface area contributed by atoms with Crippen LogP contribution in [0.15, 0.2) is 76.3 Å². The number of nitrogens with zero attached hydrogens (tertiary/aromatic N) is 2. The number of esters is 1. The number of ether oxygens (including phenoxy) is 2. The molecule has 0 spiro atoms. The zero-order valence-corrected chi connectivity index (χ0v) is 20.9. The minimum Gasteiger partial charge on any atom is -0.463 e. The zero-order valence-electron chi connectivity index (χ0n) is 20.1. The Balaban J connectivity index is 1.81. The van der Waals surface area contributed by atoms with Crippen LogP contribution in [0, 0.1) is 6.92 Å². The lowest BCUT2D eigenvalue weighted by Gasteiger charge is -2.37. The molecule has 0 unspecified atom stereocenters. The van der Waals surface area contributed by atoms with Crippen LogP contribution in [0.1, 0.15) is 36.1 Å². The van der Waals surface area contributed by atoms with Crippen LogP contribution in [-0.2, 0) is 19.1 Å². The zero-order chi connectivity index (χ0) is 24.8. The highest BCUT2D eigenvalue weighted by molar-refractivity contribution is 8.16. The number of hydrogen-bond donors (Lipinski definition) is 1. The highest BCUT2D eigenvalue weighted by Crippen LogP contribution is 2.47. The molecule has 2 aliphatic heterocycles. The van der Waals surface area contributed by atoms with Crippen molar-refractivity contribution in [2.75, 3.05) is 26.9 Å². The molecule has 2 aromatic carbocycles. The lowest BCUT2D eigenvalue weighted by Crippen LogP contribution is -2.38. The second kappa shape index (κ2) is 11.4. The summed E-state index contributed by atoms with van der Waals surface area (Å²) in [5.74, 6) is -0.532. The molecule has 0 aliphatic carbocycles. The van der Waals surface area contributed by atoms with Crippen LogP contribution in [0.2, 0.25) is 0 Å². The number of carbonyl (C=O) groups is 2. The fourth-order valence-corrected chi connectivity index (χ4v) is 5.08. The Morgan fingerprint density at radius 3 is 2.66 bits per heavy atom. The van der Waals surface area contributed by atoms with Crippen molar-refractivity contribution in [3.8, 4) is 0 Å². The second-order valence-corrected chi connectivity index (χ2v) is 9.01. The molecule has 0 aromatic heterocycles. The third-order valence-corrected chi connectivity index (χ3v) is 6.57. The van der Waals surface area contributed by atoms with E-state index in [0.29, 0.717) is 24.4 Å². The van der Waals surface area contributed by atoms with E-state index in [4.69, 9.17) is 14.5 Å². The number of carbonyl (C=O) groups excluding carboxylic acids is 2. The lowest BCUT2D eigenvalue weighted by molar-refractivity contribution is -0.139. The van der Waals surface area contributed by atoms with Gasteiger partial charge in [-0.25, -0.2) is 9.79 Å². The topological polar surface area (TPSA) is 80.2 Å². The van der Waals surface area contributed by atoms with Gasteiger partial charge in [0.05, 0.1) is 36.9 Å². The van der Waals surface area contributed by atoms with Crippen LogP contribution in [-0.4, -0.2) is 48.8 Å². The number of rotatable bonds is 9. The Bertz CT molecular complexity index is 1190.